The molecule has 136 valence electrons. The molecule has 1 fully saturated rings. The Bertz CT molecular complexity index is 827. The third kappa shape index (κ3) is 3.92. The second-order valence-electron chi connectivity index (χ2n) is 5.86. The summed E-state index contributed by atoms with van der Waals surface area (Å²) in [5.41, 5.74) is 0.834. The lowest BCUT2D eigenvalue weighted by Gasteiger charge is -2.24. The van der Waals surface area contributed by atoms with Crippen molar-refractivity contribution in [1.29, 1.82) is 0 Å². The third-order valence-electron chi connectivity index (χ3n) is 4.19. The van der Waals surface area contributed by atoms with Crippen molar-refractivity contribution in [2.75, 3.05) is 19.0 Å². The van der Waals surface area contributed by atoms with Gasteiger partial charge in [-0.1, -0.05) is 23.2 Å². The number of carbonyl (C=O) groups is 2. The highest BCUT2D eigenvalue weighted by molar-refractivity contribution is 6.35. The summed E-state index contributed by atoms with van der Waals surface area (Å²) < 4.78 is 4.99. The van der Waals surface area contributed by atoms with Gasteiger partial charge in [-0.2, -0.15) is 0 Å². The molecular formula is C18H17Cl2N3O3. The van der Waals surface area contributed by atoms with Crippen LogP contribution in [0, 0.1) is 0 Å². The summed E-state index contributed by atoms with van der Waals surface area (Å²) in [5.74, 6) is -0.111. The van der Waals surface area contributed by atoms with Crippen molar-refractivity contribution in [3.8, 4) is 5.88 Å². The number of ether oxygens (including phenoxy) is 1. The Morgan fingerprint density at radius 2 is 2.08 bits per heavy atom. The number of nitrogens with zero attached hydrogens (tertiary/aromatic N) is 2. The zero-order chi connectivity index (χ0) is 18.7. The highest BCUT2D eigenvalue weighted by Crippen LogP contribution is 2.27. The van der Waals surface area contributed by atoms with E-state index >= 15 is 0 Å². The largest absolute Gasteiger partial charge is 0.481 e. The van der Waals surface area contributed by atoms with Crippen LogP contribution >= 0.6 is 23.2 Å². The highest BCUT2D eigenvalue weighted by atomic mass is 35.5. The van der Waals surface area contributed by atoms with Crippen molar-refractivity contribution in [2.45, 2.75) is 18.9 Å². The van der Waals surface area contributed by atoms with Crippen molar-refractivity contribution < 1.29 is 14.3 Å². The van der Waals surface area contributed by atoms with E-state index in [9.17, 15) is 9.59 Å². The minimum Gasteiger partial charge on any atom is -0.481 e. The zero-order valence-electron chi connectivity index (χ0n) is 14.0. The topological polar surface area (TPSA) is 71.5 Å². The highest BCUT2D eigenvalue weighted by Gasteiger charge is 2.35. The number of hydrogen-bond donors (Lipinski definition) is 1. The van der Waals surface area contributed by atoms with E-state index in [-0.39, 0.29) is 11.8 Å². The first-order valence-corrected chi connectivity index (χ1v) is 8.82. The van der Waals surface area contributed by atoms with Gasteiger partial charge in [0, 0.05) is 17.6 Å². The number of likely N-dealkylation sites (tertiary alicyclic amines) is 1. The second kappa shape index (κ2) is 7.93. The first-order chi connectivity index (χ1) is 12.5. The van der Waals surface area contributed by atoms with Crippen molar-refractivity contribution >= 4 is 40.7 Å². The van der Waals surface area contributed by atoms with E-state index in [0.29, 0.717) is 40.1 Å². The van der Waals surface area contributed by atoms with E-state index in [2.05, 4.69) is 10.3 Å². The fraction of sp³-hybridized carbons (Fsp3) is 0.278. The molecular weight excluding hydrogens is 377 g/mol. The molecule has 1 N–H and O–H groups in total. The van der Waals surface area contributed by atoms with Gasteiger partial charge in [0.05, 0.1) is 29.6 Å². The monoisotopic (exact) mass is 393 g/mol. The van der Waals surface area contributed by atoms with Crippen LogP contribution in [0.2, 0.25) is 10.0 Å². The zero-order valence-corrected chi connectivity index (χ0v) is 15.5. The van der Waals surface area contributed by atoms with Gasteiger partial charge in [-0.25, -0.2) is 4.98 Å². The molecule has 26 heavy (non-hydrogen) atoms. The van der Waals surface area contributed by atoms with Crippen LogP contribution in [0.4, 0.5) is 5.69 Å². The molecule has 1 aliphatic heterocycles. The maximum atomic E-state index is 12.8. The third-order valence-corrected chi connectivity index (χ3v) is 4.75. The molecule has 0 spiro atoms. The molecule has 2 aromatic rings. The van der Waals surface area contributed by atoms with Gasteiger partial charge in [0.2, 0.25) is 11.8 Å². The maximum absolute atomic E-state index is 12.8. The Morgan fingerprint density at radius 1 is 1.27 bits per heavy atom. The predicted molar refractivity (Wildman–Crippen MR) is 99.9 cm³/mol. The van der Waals surface area contributed by atoms with Gasteiger partial charge in [-0.05, 0) is 37.1 Å². The van der Waals surface area contributed by atoms with Gasteiger partial charge < -0.3 is 15.0 Å². The summed E-state index contributed by atoms with van der Waals surface area (Å²) in [6.45, 7) is 0.487. The van der Waals surface area contributed by atoms with Crippen LogP contribution in [-0.4, -0.2) is 41.4 Å². The van der Waals surface area contributed by atoms with Gasteiger partial charge >= 0.3 is 0 Å². The molecule has 3 rings (SSSR count). The minimum absolute atomic E-state index is 0.263. The molecule has 0 radical (unpaired) electrons. The number of anilines is 1. The molecule has 2 amide bonds. The summed E-state index contributed by atoms with van der Waals surface area (Å²) in [4.78, 5) is 31.1. The maximum Gasteiger partial charge on any atom is 0.256 e. The molecule has 1 aromatic carbocycles. The summed E-state index contributed by atoms with van der Waals surface area (Å²) in [6, 6.07) is 7.49. The fourth-order valence-corrected chi connectivity index (χ4v) is 3.27. The number of halogens is 2. The number of benzene rings is 1. The Morgan fingerprint density at radius 3 is 2.77 bits per heavy atom. The predicted octanol–water partition coefficient (Wildman–Crippen LogP) is 3.64. The molecule has 6 nitrogen and oxygen atoms in total. The SMILES string of the molecule is COc1ccc(NC(=O)C2CCCN2C(=O)c2cc(Cl)ccc2Cl)cn1. The number of methoxy groups -OCH3 is 1. The van der Waals surface area contributed by atoms with Gasteiger partial charge in [0.15, 0.2) is 0 Å². The number of rotatable bonds is 4. The van der Waals surface area contributed by atoms with Crippen molar-refractivity contribution in [3.63, 3.8) is 0 Å². The molecule has 0 aliphatic carbocycles. The van der Waals surface area contributed by atoms with Crippen LogP contribution in [-0.2, 0) is 4.79 Å². The summed E-state index contributed by atoms with van der Waals surface area (Å²) in [6.07, 6.45) is 2.83. The lowest BCUT2D eigenvalue weighted by Crippen LogP contribution is -2.43. The Balaban J connectivity index is 1.75. The second-order valence-corrected chi connectivity index (χ2v) is 6.70. The molecule has 8 heteroatoms. The van der Waals surface area contributed by atoms with Crippen LogP contribution in [0.3, 0.4) is 0 Å². The first-order valence-electron chi connectivity index (χ1n) is 8.06. The summed E-state index contributed by atoms with van der Waals surface area (Å²) in [5, 5.41) is 3.52. The van der Waals surface area contributed by atoms with Crippen LogP contribution in [0.5, 0.6) is 5.88 Å². The first kappa shape index (κ1) is 18.5. The van der Waals surface area contributed by atoms with Gasteiger partial charge in [0.25, 0.3) is 5.91 Å². The summed E-state index contributed by atoms with van der Waals surface area (Å²) in [7, 11) is 1.52. The normalized spacial score (nSPS) is 16.4. The molecule has 1 atom stereocenters. The number of carbonyl (C=O) groups excluding carboxylic acids is 2. The number of nitrogens with one attached hydrogen (secondary N) is 1. The lowest BCUT2D eigenvalue weighted by atomic mass is 10.1. The van der Waals surface area contributed by atoms with Crippen LogP contribution in [0.1, 0.15) is 23.2 Å². The Kier molecular flexibility index (Phi) is 5.64. The Labute approximate surface area is 161 Å². The number of pyridine rings is 1. The van der Waals surface area contributed by atoms with E-state index in [1.807, 2.05) is 0 Å². The lowest BCUT2D eigenvalue weighted by molar-refractivity contribution is -0.119. The Hall–Kier alpha value is -2.31. The van der Waals surface area contributed by atoms with E-state index in [1.54, 1.807) is 24.3 Å². The van der Waals surface area contributed by atoms with Crippen molar-refractivity contribution in [1.82, 2.24) is 9.88 Å². The van der Waals surface area contributed by atoms with E-state index in [0.717, 1.165) is 6.42 Å². The quantitative estimate of drug-likeness (QED) is 0.860. The molecule has 1 aromatic heterocycles. The van der Waals surface area contributed by atoms with E-state index < -0.39 is 6.04 Å². The smallest absolute Gasteiger partial charge is 0.256 e. The molecule has 1 saturated heterocycles. The van der Waals surface area contributed by atoms with Crippen LogP contribution < -0.4 is 10.1 Å². The molecule has 0 saturated carbocycles. The van der Waals surface area contributed by atoms with Crippen molar-refractivity contribution in [3.05, 3.63) is 52.1 Å². The molecule has 2 heterocycles. The van der Waals surface area contributed by atoms with Gasteiger partial charge in [-0.3, -0.25) is 9.59 Å². The van der Waals surface area contributed by atoms with Crippen LogP contribution in [0.25, 0.3) is 0 Å². The number of aromatic nitrogens is 1. The average Bonchev–Trinajstić information content (AvgIpc) is 3.13. The molecule has 0 bridgehead atoms. The number of hydrogen-bond acceptors (Lipinski definition) is 4. The van der Waals surface area contributed by atoms with Gasteiger partial charge in [-0.15, -0.1) is 0 Å². The average molecular weight is 394 g/mol. The van der Waals surface area contributed by atoms with E-state index in [4.69, 9.17) is 27.9 Å². The number of amides is 2. The fourth-order valence-electron chi connectivity index (χ4n) is 2.90. The van der Waals surface area contributed by atoms with E-state index in [1.165, 1.54) is 24.3 Å². The minimum atomic E-state index is -0.570. The standard InChI is InChI=1S/C18H17Cl2N3O3/c1-26-16-7-5-12(10-21-16)22-17(24)15-3-2-8-23(15)18(25)13-9-11(19)4-6-14(13)20/h4-7,9-10,15H,2-3,8H2,1H3,(H,22,24). The van der Waals surface area contributed by atoms with Crippen molar-refractivity contribution in [2.24, 2.45) is 0 Å². The molecule has 1 unspecified atom stereocenters. The summed E-state index contributed by atoms with van der Waals surface area (Å²) >= 11 is 12.1. The van der Waals surface area contributed by atoms with Crippen LogP contribution in [0.15, 0.2) is 36.5 Å². The van der Waals surface area contributed by atoms with Gasteiger partial charge in [0.1, 0.15) is 6.04 Å². The molecule has 1 aliphatic rings.